The lowest BCUT2D eigenvalue weighted by molar-refractivity contribution is -0.118. The average molecular weight is 313 g/mol. The molecule has 1 heterocycles. The molecule has 0 radical (unpaired) electrons. The number of nitrogens with zero attached hydrogens (tertiary/aromatic N) is 1. The van der Waals surface area contributed by atoms with E-state index in [1.165, 1.54) is 13.3 Å². The molecule has 1 aromatic heterocycles. The summed E-state index contributed by atoms with van der Waals surface area (Å²) in [5, 5.41) is 5.43. The van der Waals surface area contributed by atoms with Crippen LogP contribution >= 0.6 is 0 Å². The summed E-state index contributed by atoms with van der Waals surface area (Å²) in [6, 6.07) is 10.3. The molecule has 0 aliphatic rings. The fourth-order valence-corrected chi connectivity index (χ4v) is 1.84. The van der Waals surface area contributed by atoms with E-state index in [4.69, 9.17) is 4.74 Å². The molecule has 0 spiro atoms. The number of anilines is 2. The molecule has 23 heavy (non-hydrogen) atoms. The van der Waals surface area contributed by atoms with Gasteiger partial charge in [0, 0.05) is 5.92 Å². The number of amides is 2. The summed E-state index contributed by atoms with van der Waals surface area (Å²) in [6.45, 7) is 3.61. The molecule has 0 atom stereocenters. The van der Waals surface area contributed by atoms with Crippen molar-refractivity contribution in [2.75, 3.05) is 17.7 Å². The van der Waals surface area contributed by atoms with Crippen LogP contribution in [0.3, 0.4) is 0 Å². The van der Waals surface area contributed by atoms with Gasteiger partial charge >= 0.3 is 0 Å². The summed E-state index contributed by atoms with van der Waals surface area (Å²) >= 11 is 0. The monoisotopic (exact) mass is 313 g/mol. The average Bonchev–Trinajstić information content (AvgIpc) is 2.56. The normalized spacial score (nSPS) is 10.3. The first kappa shape index (κ1) is 16.5. The van der Waals surface area contributed by atoms with Gasteiger partial charge in [-0.05, 0) is 24.3 Å². The second-order valence-electron chi connectivity index (χ2n) is 5.23. The van der Waals surface area contributed by atoms with Gasteiger partial charge in [-0.2, -0.15) is 0 Å². The van der Waals surface area contributed by atoms with Gasteiger partial charge in [0.25, 0.3) is 5.91 Å². The minimum absolute atomic E-state index is 0.108. The van der Waals surface area contributed by atoms with Crippen molar-refractivity contribution in [3.63, 3.8) is 0 Å². The van der Waals surface area contributed by atoms with Gasteiger partial charge in [-0.25, -0.2) is 4.98 Å². The minimum Gasteiger partial charge on any atom is -0.496 e. The molecule has 0 aliphatic heterocycles. The number of carbonyl (C=O) groups excluding carboxylic acids is 2. The van der Waals surface area contributed by atoms with E-state index in [0.29, 0.717) is 22.8 Å². The van der Waals surface area contributed by atoms with E-state index in [1.54, 1.807) is 50.2 Å². The van der Waals surface area contributed by atoms with Crippen molar-refractivity contribution in [3.05, 3.63) is 48.2 Å². The number of benzene rings is 1. The molecule has 2 N–H and O–H groups in total. The van der Waals surface area contributed by atoms with Crippen LogP contribution in [0.4, 0.5) is 11.5 Å². The smallest absolute Gasteiger partial charge is 0.259 e. The molecule has 0 bridgehead atoms. The van der Waals surface area contributed by atoms with Crippen LogP contribution in [0.1, 0.15) is 24.2 Å². The summed E-state index contributed by atoms with van der Waals surface area (Å²) in [6.07, 6.45) is 1.49. The van der Waals surface area contributed by atoms with Gasteiger partial charge in [0.15, 0.2) is 0 Å². The van der Waals surface area contributed by atoms with Crippen LogP contribution < -0.4 is 15.4 Å². The Morgan fingerprint density at radius 3 is 2.43 bits per heavy atom. The van der Waals surface area contributed by atoms with Crippen molar-refractivity contribution in [2.24, 2.45) is 5.92 Å². The van der Waals surface area contributed by atoms with E-state index in [2.05, 4.69) is 15.6 Å². The Hall–Kier alpha value is -2.89. The second-order valence-corrected chi connectivity index (χ2v) is 5.23. The van der Waals surface area contributed by atoms with Gasteiger partial charge in [0.1, 0.15) is 11.6 Å². The highest BCUT2D eigenvalue weighted by atomic mass is 16.5. The van der Waals surface area contributed by atoms with Crippen LogP contribution in [-0.4, -0.2) is 23.9 Å². The molecule has 2 rings (SSSR count). The Morgan fingerprint density at radius 1 is 1.09 bits per heavy atom. The highest BCUT2D eigenvalue weighted by molar-refractivity contribution is 6.06. The van der Waals surface area contributed by atoms with E-state index in [9.17, 15) is 9.59 Å². The molecule has 0 saturated carbocycles. The standard InChI is InChI=1S/C17H19N3O3/c1-11(2)16(21)20-15-9-8-12(10-18-15)19-17(22)13-6-4-5-7-14(13)23-3/h4-11H,1-3H3,(H,19,22)(H,18,20,21). The molecular weight excluding hydrogens is 294 g/mol. The number of methoxy groups -OCH3 is 1. The van der Waals surface area contributed by atoms with E-state index >= 15 is 0 Å². The third-order valence-electron chi connectivity index (χ3n) is 3.15. The van der Waals surface area contributed by atoms with Gasteiger partial charge in [0.2, 0.25) is 5.91 Å². The lowest BCUT2D eigenvalue weighted by Crippen LogP contribution is -2.18. The zero-order valence-electron chi connectivity index (χ0n) is 13.3. The topological polar surface area (TPSA) is 80.3 Å². The number of rotatable bonds is 5. The van der Waals surface area contributed by atoms with Crippen molar-refractivity contribution in [2.45, 2.75) is 13.8 Å². The Bertz CT molecular complexity index is 696. The minimum atomic E-state index is -0.289. The number of hydrogen-bond donors (Lipinski definition) is 2. The number of aromatic nitrogens is 1. The van der Waals surface area contributed by atoms with Gasteiger partial charge in [0.05, 0.1) is 24.6 Å². The van der Waals surface area contributed by atoms with E-state index in [1.807, 2.05) is 0 Å². The molecule has 2 amide bonds. The van der Waals surface area contributed by atoms with Crippen molar-refractivity contribution in [1.82, 2.24) is 4.98 Å². The number of pyridine rings is 1. The van der Waals surface area contributed by atoms with Crippen LogP contribution in [0, 0.1) is 5.92 Å². The number of para-hydroxylation sites is 1. The predicted molar refractivity (Wildman–Crippen MR) is 88.7 cm³/mol. The molecule has 6 heteroatoms. The maximum Gasteiger partial charge on any atom is 0.259 e. The van der Waals surface area contributed by atoms with Crippen LogP contribution in [0.5, 0.6) is 5.75 Å². The highest BCUT2D eigenvalue weighted by Gasteiger charge is 2.12. The second kappa shape index (κ2) is 7.40. The van der Waals surface area contributed by atoms with E-state index < -0.39 is 0 Å². The Labute approximate surface area is 134 Å². The van der Waals surface area contributed by atoms with Crippen molar-refractivity contribution < 1.29 is 14.3 Å². The Balaban J connectivity index is 2.06. The summed E-state index contributed by atoms with van der Waals surface area (Å²) in [5.41, 5.74) is 0.968. The third kappa shape index (κ3) is 4.29. The van der Waals surface area contributed by atoms with Gasteiger partial charge in [-0.15, -0.1) is 0 Å². The third-order valence-corrected chi connectivity index (χ3v) is 3.15. The van der Waals surface area contributed by atoms with Crippen LogP contribution in [0.15, 0.2) is 42.6 Å². The summed E-state index contributed by atoms with van der Waals surface area (Å²) in [4.78, 5) is 28.0. The van der Waals surface area contributed by atoms with Crippen LogP contribution in [-0.2, 0) is 4.79 Å². The maximum absolute atomic E-state index is 12.3. The molecule has 2 aromatic rings. The first-order valence-electron chi connectivity index (χ1n) is 7.22. The van der Waals surface area contributed by atoms with Crippen molar-refractivity contribution in [3.8, 4) is 5.75 Å². The van der Waals surface area contributed by atoms with Crippen LogP contribution in [0.2, 0.25) is 0 Å². The van der Waals surface area contributed by atoms with E-state index in [-0.39, 0.29) is 17.7 Å². The fourth-order valence-electron chi connectivity index (χ4n) is 1.84. The molecule has 0 unspecified atom stereocenters. The largest absolute Gasteiger partial charge is 0.496 e. The zero-order chi connectivity index (χ0) is 16.8. The molecule has 0 aliphatic carbocycles. The zero-order valence-corrected chi connectivity index (χ0v) is 13.3. The predicted octanol–water partition coefficient (Wildman–Crippen LogP) is 2.94. The van der Waals surface area contributed by atoms with E-state index in [0.717, 1.165) is 0 Å². The highest BCUT2D eigenvalue weighted by Crippen LogP contribution is 2.19. The first-order chi connectivity index (χ1) is 11.0. The number of carbonyl (C=O) groups is 2. The lowest BCUT2D eigenvalue weighted by Gasteiger charge is -2.10. The SMILES string of the molecule is COc1ccccc1C(=O)Nc1ccc(NC(=O)C(C)C)nc1. The van der Waals surface area contributed by atoms with Crippen molar-refractivity contribution >= 4 is 23.3 Å². The van der Waals surface area contributed by atoms with Crippen LogP contribution in [0.25, 0.3) is 0 Å². The van der Waals surface area contributed by atoms with Gasteiger partial charge in [-0.3, -0.25) is 9.59 Å². The molecule has 6 nitrogen and oxygen atoms in total. The van der Waals surface area contributed by atoms with Crippen molar-refractivity contribution in [1.29, 1.82) is 0 Å². The molecular formula is C17H19N3O3. The first-order valence-corrected chi connectivity index (χ1v) is 7.22. The molecule has 0 fully saturated rings. The molecule has 0 saturated heterocycles. The summed E-state index contributed by atoms with van der Waals surface area (Å²) in [5.74, 6) is 0.422. The quantitative estimate of drug-likeness (QED) is 0.889. The van der Waals surface area contributed by atoms with Gasteiger partial charge < -0.3 is 15.4 Å². The Kier molecular flexibility index (Phi) is 5.30. The van der Waals surface area contributed by atoms with Gasteiger partial charge in [-0.1, -0.05) is 26.0 Å². The number of hydrogen-bond acceptors (Lipinski definition) is 4. The number of nitrogens with one attached hydrogen (secondary N) is 2. The fraction of sp³-hybridized carbons (Fsp3) is 0.235. The molecule has 1 aromatic carbocycles. The maximum atomic E-state index is 12.3. The number of ether oxygens (including phenoxy) is 1. The summed E-state index contributed by atoms with van der Waals surface area (Å²) < 4.78 is 5.17. The summed E-state index contributed by atoms with van der Waals surface area (Å²) in [7, 11) is 1.51. The lowest BCUT2D eigenvalue weighted by atomic mass is 10.2. The Morgan fingerprint density at radius 2 is 1.83 bits per heavy atom. The molecule has 120 valence electrons.